The molecule has 0 spiro atoms. The second-order valence-electron chi connectivity index (χ2n) is 4.48. The average Bonchev–Trinajstić information content (AvgIpc) is 2.41. The monoisotopic (exact) mass is 324 g/mol. The third kappa shape index (κ3) is 3.53. The molecule has 0 heterocycles. The maximum Gasteiger partial charge on any atom is 0.263 e. The van der Waals surface area contributed by atoms with Crippen molar-refractivity contribution in [1.29, 1.82) is 0 Å². The molecule has 2 aromatic rings. The van der Waals surface area contributed by atoms with E-state index in [1.54, 1.807) is 24.3 Å². The molecule has 2 aromatic carbocycles. The van der Waals surface area contributed by atoms with Crippen LogP contribution in [0, 0.1) is 6.92 Å². The van der Waals surface area contributed by atoms with E-state index in [2.05, 4.69) is 4.72 Å². The molecule has 0 bridgehead atoms. The smallest absolute Gasteiger partial charge is 0.263 e. The molecule has 0 saturated carbocycles. The largest absolute Gasteiger partial charge is 0.366 e. The average molecular weight is 325 g/mol. The fourth-order valence-corrected chi connectivity index (χ4v) is 3.28. The summed E-state index contributed by atoms with van der Waals surface area (Å²) >= 11 is 5.91. The zero-order valence-electron chi connectivity index (χ0n) is 11.1. The Balaban J connectivity index is 2.41. The molecular formula is C14H13ClN2O3S. The predicted octanol–water partition coefficient (Wildman–Crippen LogP) is 2.55. The number of carbonyl (C=O) groups excluding carboxylic acids is 1. The maximum absolute atomic E-state index is 12.3. The van der Waals surface area contributed by atoms with Crippen molar-refractivity contribution >= 4 is 33.2 Å². The van der Waals surface area contributed by atoms with Gasteiger partial charge in [-0.15, -0.1) is 0 Å². The van der Waals surface area contributed by atoms with Gasteiger partial charge in [-0.2, -0.15) is 0 Å². The minimum absolute atomic E-state index is 0.0135. The van der Waals surface area contributed by atoms with Gasteiger partial charge in [0.25, 0.3) is 10.0 Å². The van der Waals surface area contributed by atoms with Crippen LogP contribution in [0.15, 0.2) is 47.4 Å². The number of carbonyl (C=O) groups is 1. The van der Waals surface area contributed by atoms with E-state index in [1.165, 1.54) is 12.1 Å². The fourth-order valence-electron chi connectivity index (χ4n) is 1.69. The molecule has 5 nitrogen and oxygen atoms in total. The van der Waals surface area contributed by atoms with Gasteiger partial charge in [0.15, 0.2) is 0 Å². The molecule has 1 amide bonds. The van der Waals surface area contributed by atoms with Crippen LogP contribution in [0.4, 0.5) is 5.69 Å². The van der Waals surface area contributed by atoms with Gasteiger partial charge >= 0.3 is 0 Å². The molecule has 0 aromatic heterocycles. The van der Waals surface area contributed by atoms with Crippen LogP contribution in [0.5, 0.6) is 0 Å². The van der Waals surface area contributed by atoms with E-state index in [0.717, 1.165) is 11.6 Å². The van der Waals surface area contributed by atoms with Crippen molar-refractivity contribution < 1.29 is 13.2 Å². The standard InChI is InChI=1S/C14H13ClN2O3S/c1-9-2-5-11(6-3-9)17-21(19,20)13-8-10(14(16)18)4-7-12(13)15/h2-8,17H,1H3,(H2,16,18). The number of rotatable bonds is 4. The summed E-state index contributed by atoms with van der Waals surface area (Å²) in [6.07, 6.45) is 0. The lowest BCUT2D eigenvalue weighted by atomic mass is 10.2. The number of hydrogen-bond donors (Lipinski definition) is 2. The lowest BCUT2D eigenvalue weighted by Crippen LogP contribution is -2.16. The van der Waals surface area contributed by atoms with Crippen LogP contribution in [0.3, 0.4) is 0 Å². The van der Waals surface area contributed by atoms with Crippen molar-refractivity contribution in [2.75, 3.05) is 4.72 Å². The first-order valence-electron chi connectivity index (χ1n) is 5.98. The Kier molecular flexibility index (Phi) is 4.20. The Morgan fingerprint density at radius 3 is 2.33 bits per heavy atom. The van der Waals surface area contributed by atoms with E-state index in [9.17, 15) is 13.2 Å². The molecule has 0 saturated heterocycles. The molecule has 21 heavy (non-hydrogen) atoms. The van der Waals surface area contributed by atoms with Gasteiger partial charge in [-0.1, -0.05) is 29.3 Å². The van der Waals surface area contributed by atoms with Crippen molar-refractivity contribution in [2.24, 2.45) is 5.73 Å². The predicted molar refractivity (Wildman–Crippen MR) is 82.0 cm³/mol. The molecule has 0 fully saturated rings. The molecule has 7 heteroatoms. The first-order chi connectivity index (χ1) is 9.79. The Bertz CT molecular complexity index is 786. The number of anilines is 1. The van der Waals surface area contributed by atoms with Crippen LogP contribution in [-0.4, -0.2) is 14.3 Å². The highest BCUT2D eigenvalue weighted by atomic mass is 35.5. The van der Waals surface area contributed by atoms with E-state index in [4.69, 9.17) is 17.3 Å². The SMILES string of the molecule is Cc1ccc(NS(=O)(=O)c2cc(C(N)=O)ccc2Cl)cc1. The third-order valence-electron chi connectivity index (χ3n) is 2.81. The summed E-state index contributed by atoms with van der Waals surface area (Å²) in [6, 6.07) is 10.7. The highest BCUT2D eigenvalue weighted by Gasteiger charge is 2.19. The zero-order valence-corrected chi connectivity index (χ0v) is 12.7. The number of benzene rings is 2. The van der Waals surface area contributed by atoms with Crippen molar-refractivity contribution in [2.45, 2.75) is 11.8 Å². The number of halogens is 1. The van der Waals surface area contributed by atoms with Crippen LogP contribution in [-0.2, 0) is 10.0 Å². The van der Waals surface area contributed by atoms with Crippen LogP contribution < -0.4 is 10.5 Å². The topological polar surface area (TPSA) is 89.3 Å². The third-order valence-corrected chi connectivity index (χ3v) is 4.67. The van der Waals surface area contributed by atoms with Crippen LogP contribution >= 0.6 is 11.6 Å². The molecule has 110 valence electrons. The molecule has 3 N–H and O–H groups in total. The normalized spacial score (nSPS) is 11.1. The van der Waals surface area contributed by atoms with E-state index >= 15 is 0 Å². The van der Waals surface area contributed by atoms with Crippen LogP contribution in [0.2, 0.25) is 5.02 Å². The van der Waals surface area contributed by atoms with Crippen molar-refractivity contribution in [3.63, 3.8) is 0 Å². The van der Waals surface area contributed by atoms with E-state index in [0.29, 0.717) is 5.69 Å². The summed E-state index contributed by atoms with van der Waals surface area (Å²) in [5.74, 6) is -0.724. The zero-order chi connectivity index (χ0) is 15.6. The Labute approximate surface area is 127 Å². The lowest BCUT2D eigenvalue weighted by molar-refractivity contribution is 0.1000. The summed E-state index contributed by atoms with van der Waals surface area (Å²) in [6.45, 7) is 1.89. The minimum atomic E-state index is -3.90. The van der Waals surface area contributed by atoms with E-state index in [-0.39, 0.29) is 15.5 Å². The molecule has 0 atom stereocenters. The molecular weight excluding hydrogens is 312 g/mol. The van der Waals surface area contributed by atoms with Gasteiger partial charge in [0.05, 0.1) is 5.02 Å². The Morgan fingerprint density at radius 2 is 1.76 bits per heavy atom. The lowest BCUT2D eigenvalue weighted by Gasteiger charge is -2.10. The number of primary amides is 1. The first-order valence-corrected chi connectivity index (χ1v) is 7.84. The molecule has 0 aliphatic heterocycles. The van der Waals surface area contributed by atoms with Crippen LogP contribution in [0.1, 0.15) is 15.9 Å². The molecule has 0 aliphatic carbocycles. The van der Waals surface area contributed by atoms with Crippen LogP contribution in [0.25, 0.3) is 0 Å². The summed E-state index contributed by atoms with van der Waals surface area (Å²) < 4.78 is 27.1. The van der Waals surface area contributed by atoms with Crippen molar-refractivity contribution in [3.8, 4) is 0 Å². The maximum atomic E-state index is 12.3. The number of nitrogens with two attached hydrogens (primary N) is 1. The quantitative estimate of drug-likeness (QED) is 0.905. The number of nitrogens with one attached hydrogen (secondary N) is 1. The Hall–Kier alpha value is -2.05. The van der Waals surface area contributed by atoms with E-state index < -0.39 is 15.9 Å². The minimum Gasteiger partial charge on any atom is -0.366 e. The molecule has 0 aliphatic rings. The second kappa shape index (κ2) is 5.75. The molecule has 0 radical (unpaired) electrons. The summed E-state index contributed by atoms with van der Waals surface area (Å²) in [4.78, 5) is 11.0. The van der Waals surface area contributed by atoms with Gasteiger partial charge in [0.2, 0.25) is 5.91 Å². The molecule has 2 rings (SSSR count). The van der Waals surface area contributed by atoms with Gasteiger partial charge in [-0.05, 0) is 37.3 Å². The highest BCUT2D eigenvalue weighted by Crippen LogP contribution is 2.25. The van der Waals surface area contributed by atoms with Gasteiger partial charge in [0, 0.05) is 11.3 Å². The first kappa shape index (κ1) is 15.3. The number of sulfonamides is 1. The second-order valence-corrected chi connectivity index (χ2v) is 6.54. The van der Waals surface area contributed by atoms with Gasteiger partial charge in [-0.25, -0.2) is 8.42 Å². The van der Waals surface area contributed by atoms with Gasteiger partial charge < -0.3 is 5.73 Å². The number of hydrogen-bond acceptors (Lipinski definition) is 3. The summed E-state index contributed by atoms with van der Waals surface area (Å²) in [7, 11) is -3.90. The van der Waals surface area contributed by atoms with E-state index in [1.807, 2.05) is 6.92 Å². The molecule has 0 unspecified atom stereocenters. The number of aryl methyl sites for hydroxylation is 1. The Morgan fingerprint density at radius 1 is 1.14 bits per heavy atom. The van der Waals surface area contributed by atoms with Crippen molar-refractivity contribution in [1.82, 2.24) is 0 Å². The highest BCUT2D eigenvalue weighted by molar-refractivity contribution is 7.92. The summed E-state index contributed by atoms with van der Waals surface area (Å²) in [5.41, 5.74) is 6.63. The number of amides is 1. The van der Waals surface area contributed by atoms with Gasteiger partial charge in [0.1, 0.15) is 4.90 Å². The van der Waals surface area contributed by atoms with Crippen molar-refractivity contribution in [3.05, 3.63) is 58.6 Å². The van der Waals surface area contributed by atoms with Gasteiger partial charge in [-0.3, -0.25) is 9.52 Å². The fraction of sp³-hybridized carbons (Fsp3) is 0.0714. The summed E-state index contributed by atoms with van der Waals surface area (Å²) in [5, 5.41) is 0.0135.